The van der Waals surface area contributed by atoms with Crippen LogP contribution < -0.4 is 11.2 Å². The van der Waals surface area contributed by atoms with Crippen LogP contribution in [0.25, 0.3) is 0 Å². The Labute approximate surface area is 128 Å². The van der Waals surface area contributed by atoms with Crippen LogP contribution in [-0.4, -0.2) is 14.9 Å². The van der Waals surface area contributed by atoms with Gasteiger partial charge < -0.3 is 0 Å². The zero-order valence-corrected chi connectivity index (χ0v) is 13.9. The summed E-state index contributed by atoms with van der Waals surface area (Å²) < 4.78 is 2.03. The number of nitrogens with one attached hydrogen (secondary N) is 1. The largest absolute Gasteiger partial charge is 0.328 e. The van der Waals surface area contributed by atoms with E-state index in [1.54, 1.807) is 10.8 Å². The van der Waals surface area contributed by atoms with Gasteiger partial charge in [-0.2, -0.15) is 0 Å². The van der Waals surface area contributed by atoms with Crippen molar-refractivity contribution in [1.29, 1.82) is 0 Å². The molecule has 1 fully saturated rings. The van der Waals surface area contributed by atoms with E-state index >= 15 is 0 Å². The van der Waals surface area contributed by atoms with Gasteiger partial charge in [-0.05, 0) is 34.2 Å². The van der Waals surface area contributed by atoms with E-state index < -0.39 is 0 Å². The molecule has 106 valence electrons. The zero-order chi connectivity index (χ0) is 13.9. The first-order valence-corrected chi connectivity index (χ1v) is 8.53. The van der Waals surface area contributed by atoms with Crippen molar-refractivity contribution in [3.05, 3.63) is 31.5 Å². The van der Waals surface area contributed by atoms with Crippen LogP contribution in [0.5, 0.6) is 0 Å². The molecule has 0 unspecified atom stereocenters. The minimum Gasteiger partial charge on any atom is -0.299 e. The van der Waals surface area contributed by atoms with E-state index in [1.165, 1.54) is 25.7 Å². The van der Waals surface area contributed by atoms with E-state index in [4.69, 9.17) is 0 Å². The number of hydrogen-bond donors (Lipinski definition) is 1. The third-order valence-corrected chi connectivity index (χ3v) is 5.68. The fourth-order valence-electron chi connectivity index (χ4n) is 2.77. The Kier molecular flexibility index (Phi) is 5.06. The number of halogens is 2. The Bertz CT molecular complexity index is 542. The molecule has 4 nitrogen and oxygen atoms in total. The molecule has 0 aromatic carbocycles. The Hall–Kier alpha value is -0.360. The first-order valence-electron chi connectivity index (χ1n) is 6.62. The van der Waals surface area contributed by atoms with E-state index in [1.807, 2.05) is 0 Å². The molecule has 2 rings (SSSR count). The molecular weight excluding hydrogens is 376 g/mol. The molecule has 1 aromatic rings. The highest BCUT2D eigenvalue weighted by atomic mass is 79.9. The number of rotatable bonds is 3. The topological polar surface area (TPSA) is 54.9 Å². The highest BCUT2D eigenvalue weighted by Crippen LogP contribution is 2.37. The number of alkyl halides is 1. The molecule has 1 N–H and O–H groups in total. The molecule has 0 spiro atoms. The van der Waals surface area contributed by atoms with Crippen LogP contribution in [0.2, 0.25) is 0 Å². The molecule has 1 aliphatic rings. The Balaban J connectivity index is 2.29. The van der Waals surface area contributed by atoms with Crippen molar-refractivity contribution in [1.82, 2.24) is 9.55 Å². The Morgan fingerprint density at radius 3 is 2.42 bits per heavy atom. The van der Waals surface area contributed by atoms with Crippen molar-refractivity contribution in [3.8, 4) is 0 Å². The van der Waals surface area contributed by atoms with Crippen LogP contribution in [0, 0.1) is 5.41 Å². The molecule has 1 aliphatic carbocycles. The van der Waals surface area contributed by atoms with Gasteiger partial charge in [0.15, 0.2) is 0 Å². The van der Waals surface area contributed by atoms with Gasteiger partial charge in [-0.3, -0.25) is 14.3 Å². The maximum Gasteiger partial charge on any atom is 0.328 e. The highest BCUT2D eigenvalue weighted by Gasteiger charge is 2.30. The second-order valence-electron chi connectivity index (χ2n) is 5.41. The number of hydrogen-bond acceptors (Lipinski definition) is 2. The van der Waals surface area contributed by atoms with Crippen molar-refractivity contribution in [3.63, 3.8) is 0 Å². The van der Waals surface area contributed by atoms with Gasteiger partial charge in [0, 0.05) is 18.1 Å². The van der Waals surface area contributed by atoms with Crippen LogP contribution in [-0.2, 0) is 6.54 Å². The number of H-pyrrole nitrogens is 1. The van der Waals surface area contributed by atoms with Crippen molar-refractivity contribution in [2.45, 2.75) is 45.1 Å². The SMILES string of the molecule is O=c1[nH]c(=O)n(CC2(CBr)CCCCCC2)cc1Br. The molecule has 1 saturated carbocycles. The van der Waals surface area contributed by atoms with Crippen LogP contribution in [0.15, 0.2) is 20.3 Å². The molecular formula is C13H18Br2N2O2. The molecule has 0 aliphatic heterocycles. The van der Waals surface area contributed by atoms with E-state index in [9.17, 15) is 9.59 Å². The van der Waals surface area contributed by atoms with Crippen molar-refractivity contribution >= 4 is 31.9 Å². The van der Waals surface area contributed by atoms with Crippen molar-refractivity contribution in [2.24, 2.45) is 5.41 Å². The Morgan fingerprint density at radius 1 is 1.21 bits per heavy atom. The lowest BCUT2D eigenvalue weighted by Crippen LogP contribution is -2.37. The fraction of sp³-hybridized carbons (Fsp3) is 0.692. The molecule has 1 heterocycles. The summed E-state index contributed by atoms with van der Waals surface area (Å²) in [6, 6.07) is 0. The van der Waals surface area contributed by atoms with E-state index in [2.05, 4.69) is 36.8 Å². The first-order chi connectivity index (χ1) is 9.06. The van der Waals surface area contributed by atoms with Crippen LogP contribution in [0.1, 0.15) is 38.5 Å². The summed E-state index contributed by atoms with van der Waals surface area (Å²) in [6.45, 7) is 0.659. The summed E-state index contributed by atoms with van der Waals surface area (Å²) in [5.41, 5.74) is -0.564. The van der Waals surface area contributed by atoms with Crippen LogP contribution in [0.4, 0.5) is 0 Å². The predicted octanol–water partition coefficient (Wildman–Crippen LogP) is 3.03. The number of aromatic amines is 1. The van der Waals surface area contributed by atoms with Crippen molar-refractivity contribution in [2.75, 3.05) is 5.33 Å². The maximum absolute atomic E-state index is 11.9. The lowest BCUT2D eigenvalue weighted by atomic mass is 9.82. The van der Waals surface area contributed by atoms with Gasteiger partial charge in [0.05, 0.1) is 4.47 Å². The third-order valence-electron chi connectivity index (χ3n) is 3.92. The third kappa shape index (κ3) is 3.60. The van der Waals surface area contributed by atoms with Gasteiger partial charge in [0.2, 0.25) is 0 Å². The summed E-state index contributed by atoms with van der Waals surface area (Å²) in [5, 5.41) is 0.892. The molecule has 0 saturated heterocycles. The summed E-state index contributed by atoms with van der Waals surface area (Å²) in [4.78, 5) is 25.6. The Morgan fingerprint density at radius 2 is 1.84 bits per heavy atom. The second kappa shape index (κ2) is 6.39. The molecule has 19 heavy (non-hydrogen) atoms. The number of aromatic nitrogens is 2. The van der Waals surface area contributed by atoms with Gasteiger partial charge in [-0.1, -0.05) is 41.6 Å². The van der Waals surface area contributed by atoms with Crippen LogP contribution in [0.3, 0.4) is 0 Å². The monoisotopic (exact) mass is 392 g/mol. The lowest BCUT2D eigenvalue weighted by molar-refractivity contribution is 0.237. The molecule has 0 radical (unpaired) electrons. The lowest BCUT2D eigenvalue weighted by Gasteiger charge is -2.31. The summed E-state index contributed by atoms with van der Waals surface area (Å²) in [7, 11) is 0. The molecule has 0 amide bonds. The fourth-order valence-corrected chi connectivity index (χ4v) is 3.86. The normalized spacial score (nSPS) is 19.1. The summed E-state index contributed by atoms with van der Waals surface area (Å²) in [5.74, 6) is 0. The van der Waals surface area contributed by atoms with E-state index in [0.29, 0.717) is 11.0 Å². The van der Waals surface area contributed by atoms with E-state index in [0.717, 1.165) is 18.2 Å². The van der Waals surface area contributed by atoms with Gasteiger partial charge in [0.25, 0.3) is 5.56 Å². The predicted molar refractivity (Wildman–Crippen MR) is 83.0 cm³/mol. The summed E-state index contributed by atoms with van der Waals surface area (Å²) in [6.07, 6.45) is 8.84. The molecule has 6 heteroatoms. The smallest absolute Gasteiger partial charge is 0.299 e. The quantitative estimate of drug-likeness (QED) is 0.633. The second-order valence-corrected chi connectivity index (χ2v) is 6.83. The zero-order valence-electron chi connectivity index (χ0n) is 10.8. The average Bonchev–Trinajstić information content (AvgIpc) is 2.62. The van der Waals surface area contributed by atoms with Gasteiger partial charge in [0.1, 0.15) is 0 Å². The van der Waals surface area contributed by atoms with Gasteiger partial charge in [-0.25, -0.2) is 4.79 Å². The standard InChI is InChI=1S/C13H18Br2N2O2/c14-8-13(5-3-1-2-4-6-13)9-17-7-10(15)11(18)16-12(17)19/h7H,1-6,8-9H2,(H,16,18,19). The first kappa shape index (κ1) is 15.0. The van der Waals surface area contributed by atoms with Crippen LogP contribution >= 0.6 is 31.9 Å². The van der Waals surface area contributed by atoms with Crippen molar-refractivity contribution < 1.29 is 0 Å². The van der Waals surface area contributed by atoms with Gasteiger partial charge in [-0.15, -0.1) is 0 Å². The molecule has 0 bridgehead atoms. The summed E-state index contributed by atoms with van der Waals surface area (Å²) >= 11 is 6.80. The maximum atomic E-state index is 11.9. The minimum absolute atomic E-state index is 0.123. The number of nitrogens with zero attached hydrogens (tertiary/aromatic N) is 1. The highest BCUT2D eigenvalue weighted by molar-refractivity contribution is 9.10. The minimum atomic E-state index is -0.366. The van der Waals surface area contributed by atoms with E-state index in [-0.39, 0.29) is 16.7 Å². The molecule has 1 aromatic heterocycles. The van der Waals surface area contributed by atoms with Gasteiger partial charge >= 0.3 is 5.69 Å². The average molecular weight is 394 g/mol. The molecule has 0 atom stereocenters.